The molecule has 1 aromatic rings. The highest BCUT2D eigenvalue weighted by molar-refractivity contribution is 7.12. The van der Waals surface area contributed by atoms with Gasteiger partial charge in [-0.25, -0.2) is 0 Å². The highest BCUT2D eigenvalue weighted by atomic mass is 32.1. The van der Waals surface area contributed by atoms with E-state index < -0.39 is 0 Å². The number of thiophene rings is 1. The fraction of sp³-hybridized carbons (Fsp3) is 0.667. The summed E-state index contributed by atoms with van der Waals surface area (Å²) in [5.41, 5.74) is 0. The van der Waals surface area contributed by atoms with E-state index in [1.807, 2.05) is 22.4 Å². The standard InChI is InChI=1S/C18H28N2O2S/c1-3-6-15(7-4-2)18(22)20-11-9-19(10-12-20)14-16(21)17-8-5-13-23-17/h5,8,13,15H,3-4,6-7,9-12,14H2,1-2H3. The Morgan fingerprint density at radius 3 is 2.30 bits per heavy atom. The molecule has 1 aromatic heterocycles. The Kier molecular flexibility index (Phi) is 7.24. The average molecular weight is 337 g/mol. The topological polar surface area (TPSA) is 40.6 Å². The molecule has 0 aliphatic carbocycles. The highest BCUT2D eigenvalue weighted by Gasteiger charge is 2.27. The Balaban J connectivity index is 1.80. The van der Waals surface area contributed by atoms with Crippen LogP contribution in [0.15, 0.2) is 17.5 Å². The minimum atomic E-state index is 0.185. The van der Waals surface area contributed by atoms with Crippen molar-refractivity contribution in [2.24, 2.45) is 5.92 Å². The molecule has 1 saturated heterocycles. The molecular formula is C18H28N2O2S. The van der Waals surface area contributed by atoms with E-state index in [1.165, 1.54) is 11.3 Å². The Hall–Kier alpha value is -1.20. The summed E-state index contributed by atoms with van der Waals surface area (Å²) in [4.78, 5) is 29.8. The van der Waals surface area contributed by atoms with Gasteiger partial charge in [0.05, 0.1) is 11.4 Å². The number of amides is 1. The van der Waals surface area contributed by atoms with E-state index in [4.69, 9.17) is 0 Å². The molecule has 1 aliphatic heterocycles. The first-order chi connectivity index (χ1) is 11.2. The van der Waals surface area contributed by atoms with Crippen LogP contribution in [-0.4, -0.2) is 54.2 Å². The van der Waals surface area contributed by atoms with Crippen LogP contribution in [0.25, 0.3) is 0 Å². The van der Waals surface area contributed by atoms with Gasteiger partial charge in [0, 0.05) is 32.1 Å². The second-order valence-corrected chi connectivity index (χ2v) is 7.22. The van der Waals surface area contributed by atoms with Gasteiger partial charge in [0.25, 0.3) is 0 Å². The van der Waals surface area contributed by atoms with Gasteiger partial charge in [0.2, 0.25) is 5.91 Å². The molecule has 4 nitrogen and oxygen atoms in total. The van der Waals surface area contributed by atoms with E-state index in [0.29, 0.717) is 12.5 Å². The number of carbonyl (C=O) groups is 2. The molecular weight excluding hydrogens is 308 g/mol. The summed E-state index contributed by atoms with van der Waals surface area (Å²) in [7, 11) is 0. The normalized spacial score (nSPS) is 16.0. The maximum Gasteiger partial charge on any atom is 0.225 e. The zero-order chi connectivity index (χ0) is 16.7. The number of Topliss-reactive ketones (excluding diaryl/α,β-unsaturated/α-hetero) is 1. The van der Waals surface area contributed by atoms with Gasteiger partial charge in [-0.15, -0.1) is 11.3 Å². The van der Waals surface area contributed by atoms with Crippen LogP contribution in [-0.2, 0) is 4.79 Å². The zero-order valence-electron chi connectivity index (χ0n) is 14.3. The van der Waals surface area contributed by atoms with Crippen LogP contribution in [0.3, 0.4) is 0 Å². The number of nitrogens with zero attached hydrogens (tertiary/aromatic N) is 2. The first-order valence-corrected chi connectivity index (χ1v) is 9.61. The molecule has 2 heterocycles. The first-order valence-electron chi connectivity index (χ1n) is 8.73. The number of piperazine rings is 1. The quantitative estimate of drug-likeness (QED) is 0.684. The lowest BCUT2D eigenvalue weighted by atomic mass is 9.96. The largest absolute Gasteiger partial charge is 0.340 e. The van der Waals surface area contributed by atoms with Crippen molar-refractivity contribution in [1.29, 1.82) is 0 Å². The van der Waals surface area contributed by atoms with Crippen LogP contribution in [0.4, 0.5) is 0 Å². The monoisotopic (exact) mass is 336 g/mol. The molecule has 1 fully saturated rings. The van der Waals surface area contributed by atoms with Crippen molar-refractivity contribution in [3.63, 3.8) is 0 Å². The fourth-order valence-corrected chi connectivity index (χ4v) is 3.85. The molecule has 0 radical (unpaired) electrons. The highest BCUT2D eigenvalue weighted by Crippen LogP contribution is 2.18. The molecule has 1 amide bonds. The van der Waals surface area contributed by atoms with Crippen LogP contribution >= 0.6 is 11.3 Å². The summed E-state index contributed by atoms with van der Waals surface area (Å²) in [5.74, 6) is 0.692. The Morgan fingerprint density at radius 2 is 1.78 bits per heavy atom. The van der Waals surface area contributed by atoms with Crippen LogP contribution < -0.4 is 0 Å². The molecule has 0 saturated carbocycles. The van der Waals surface area contributed by atoms with Crippen molar-refractivity contribution >= 4 is 23.0 Å². The van der Waals surface area contributed by atoms with Crippen molar-refractivity contribution < 1.29 is 9.59 Å². The lowest BCUT2D eigenvalue weighted by molar-refractivity contribution is -0.137. The smallest absolute Gasteiger partial charge is 0.225 e. The van der Waals surface area contributed by atoms with Gasteiger partial charge >= 0.3 is 0 Å². The molecule has 1 aliphatic rings. The van der Waals surface area contributed by atoms with Crippen molar-refractivity contribution in [2.45, 2.75) is 39.5 Å². The van der Waals surface area contributed by atoms with Crippen LogP contribution in [0.2, 0.25) is 0 Å². The lowest BCUT2D eigenvalue weighted by Gasteiger charge is -2.36. The number of hydrogen-bond donors (Lipinski definition) is 0. The summed E-state index contributed by atoms with van der Waals surface area (Å²) in [6.45, 7) is 7.85. The van der Waals surface area contributed by atoms with E-state index in [-0.39, 0.29) is 11.7 Å². The molecule has 128 valence electrons. The van der Waals surface area contributed by atoms with E-state index in [9.17, 15) is 9.59 Å². The summed E-state index contributed by atoms with van der Waals surface area (Å²) < 4.78 is 0. The molecule has 0 atom stereocenters. The van der Waals surface area contributed by atoms with Crippen LogP contribution in [0.1, 0.15) is 49.2 Å². The van der Waals surface area contributed by atoms with E-state index in [2.05, 4.69) is 18.7 Å². The molecule has 5 heteroatoms. The molecule has 0 bridgehead atoms. The van der Waals surface area contributed by atoms with Gasteiger partial charge in [0.1, 0.15) is 0 Å². The van der Waals surface area contributed by atoms with Crippen molar-refractivity contribution in [3.05, 3.63) is 22.4 Å². The van der Waals surface area contributed by atoms with Gasteiger partial charge in [0.15, 0.2) is 5.78 Å². The molecule has 0 N–H and O–H groups in total. The summed E-state index contributed by atoms with van der Waals surface area (Å²) in [6.07, 6.45) is 4.10. The molecule has 0 spiro atoms. The minimum Gasteiger partial charge on any atom is -0.340 e. The SMILES string of the molecule is CCCC(CCC)C(=O)N1CCN(CC(=O)c2cccs2)CC1. The number of ketones is 1. The van der Waals surface area contributed by atoms with Crippen molar-refractivity contribution in [3.8, 4) is 0 Å². The maximum atomic E-state index is 12.6. The number of carbonyl (C=O) groups excluding carboxylic acids is 2. The molecule has 23 heavy (non-hydrogen) atoms. The average Bonchev–Trinajstić information content (AvgIpc) is 3.09. The molecule has 0 aromatic carbocycles. The molecule has 0 unspecified atom stereocenters. The number of rotatable bonds is 8. The zero-order valence-corrected chi connectivity index (χ0v) is 15.1. The van der Waals surface area contributed by atoms with Crippen LogP contribution in [0.5, 0.6) is 0 Å². The van der Waals surface area contributed by atoms with Gasteiger partial charge in [-0.1, -0.05) is 32.8 Å². The van der Waals surface area contributed by atoms with Gasteiger partial charge in [-0.3, -0.25) is 14.5 Å². The Bertz CT molecular complexity index is 487. The summed E-state index contributed by atoms with van der Waals surface area (Å²) in [6, 6.07) is 3.79. The van der Waals surface area contributed by atoms with Gasteiger partial charge in [-0.2, -0.15) is 0 Å². The summed E-state index contributed by atoms with van der Waals surface area (Å²) >= 11 is 1.50. The maximum absolute atomic E-state index is 12.6. The van der Waals surface area contributed by atoms with E-state index in [0.717, 1.165) is 56.7 Å². The third kappa shape index (κ3) is 5.15. The minimum absolute atomic E-state index is 0.185. The third-order valence-electron chi connectivity index (χ3n) is 4.47. The Labute approximate surface area is 143 Å². The van der Waals surface area contributed by atoms with E-state index in [1.54, 1.807) is 0 Å². The molecule has 2 rings (SSSR count). The predicted octanol–water partition coefficient (Wildman–Crippen LogP) is 3.29. The second kappa shape index (κ2) is 9.18. The summed E-state index contributed by atoms with van der Waals surface area (Å²) in [5, 5.41) is 1.94. The van der Waals surface area contributed by atoms with Crippen LogP contribution in [0, 0.1) is 5.92 Å². The third-order valence-corrected chi connectivity index (χ3v) is 5.38. The number of hydrogen-bond acceptors (Lipinski definition) is 4. The lowest BCUT2D eigenvalue weighted by Crippen LogP contribution is -2.51. The fourth-order valence-electron chi connectivity index (χ4n) is 3.19. The Morgan fingerprint density at radius 1 is 1.13 bits per heavy atom. The van der Waals surface area contributed by atoms with Gasteiger partial charge < -0.3 is 4.90 Å². The second-order valence-electron chi connectivity index (χ2n) is 6.28. The first kappa shape index (κ1) is 18.1. The predicted molar refractivity (Wildman–Crippen MR) is 95.0 cm³/mol. The van der Waals surface area contributed by atoms with Gasteiger partial charge in [-0.05, 0) is 24.3 Å². The van der Waals surface area contributed by atoms with Crippen molar-refractivity contribution in [1.82, 2.24) is 9.80 Å². The van der Waals surface area contributed by atoms with Crippen molar-refractivity contribution in [2.75, 3.05) is 32.7 Å². The van der Waals surface area contributed by atoms with E-state index >= 15 is 0 Å².